The first-order chi connectivity index (χ1) is 11.5. The van der Waals surface area contributed by atoms with Gasteiger partial charge in [-0.15, -0.1) is 0 Å². The Kier molecular flexibility index (Phi) is 6.85. The van der Waals surface area contributed by atoms with E-state index in [1.807, 2.05) is 25.1 Å². The Balaban J connectivity index is 1.97. The van der Waals surface area contributed by atoms with Gasteiger partial charge in [0.15, 0.2) is 5.16 Å². The number of rotatable bonds is 8. The third-order valence-electron chi connectivity index (χ3n) is 3.92. The predicted octanol–water partition coefficient (Wildman–Crippen LogP) is 3.11. The van der Waals surface area contributed by atoms with Crippen LogP contribution in [0, 0.1) is 0 Å². The highest BCUT2D eigenvalue weighted by Gasteiger charge is 2.12. The fraction of sp³-hybridized carbons (Fsp3) is 0.500. The number of aromatic nitrogens is 2. The minimum absolute atomic E-state index is 0.0218. The molecule has 2 aromatic rings. The van der Waals surface area contributed by atoms with Crippen LogP contribution in [0.2, 0.25) is 0 Å². The highest BCUT2D eigenvalue weighted by Crippen LogP contribution is 2.16. The van der Waals surface area contributed by atoms with E-state index >= 15 is 0 Å². The number of fused-ring (bicyclic) bond motifs is 1. The van der Waals surface area contributed by atoms with Gasteiger partial charge in [-0.25, -0.2) is 4.98 Å². The van der Waals surface area contributed by atoms with E-state index < -0.39 is 0 Å². The molecule has 0 saturated heterocycles. The molecule has 1 heterocycles. The Bertz CT molecular complexity index is 758. The molecule has 1 aromatic heterocycles. The van der Waals surface area contributed by atoms with Crippen molar-refractivity contribution in [2.45, 2.75) is 50.7 Å². The molecule has 130 valence electrons. The standard InChI is InChI=1S/C18H25N3O2S/c1-4-5-6-9-13(2)19-16(22)12-24-18-20-15-11-8-7-10-14(15)17(23)21(18)3/h7-8,10-11,13H,4-6,9,12H2,1-3H3,(H,19,22). The summed E-state index contributed by atoms with van der Waals surface area (Å²) in [5.41, 5.74) is 0.577. The maximum absolute atomic E-state index is 12.3. The summed E-state index contributed by atoms with van der Waals surface area (Å²) in [6, 6.07) is 7.44. The molecule has 6 heteroatoms. The molecule has 1 aromatic carbocycles. The Morgan fingerprint density at radius 1 is 1.33 bits per heavy atom. The zero-order valence-electron chi connectivity index (χ0n) is 14.5. The minimum atomic E-state index is -0.0866. The number of para-hydroxylation sites is 1. The lowest BCUT2D eigenvalue weighted by molar-refractivity contribution is -0.119. The number of carbonyl (C=O) groups is 1. The maximum Gasteiger partial charge on any atom is 0.261 e. The Morgan fingerprint density at radius 2 is 2.08 bits per heavy atom. The van der Waals surface area contributed by atoms with Crippen molar-refractivity contribution in [3.05, 3.63) is 34.6 Å². The number of amides is 1. The molecule has 0 aliphatic rings. The summed E-state index contributed by atoms with van der Waals surface area (Å²) in [7, 11) is 1.69. The molecule has 0 spiro atoms. The van der Waals surface area contributed by atoms with Gasteiger partial charge >= 0.3 is 0 Å². The van der Waals surface area contributed by atoms with Crippen LogP contribution in [0.5, 0.6) is 0 Å². The van der Waals surface area contributed by atoms with Gasteiger partial charge in [0.25, 0.3) is 5.56 Å². The van der Waals surface area contributed by atoms with E-state index in [0.29, 0.717) is 16.1 Å². The quantitative estimate of drug-likeness (QED) is 0.453. The predicted molar refractivity (Wildman–Crippen MR) is 99.5 cm³/mol. The molecular weight excluding hydrogens is 322 g/mol. The summed E-state index contributed by atoms with van der Waals surface area (Å²) in [4.78, 5) is 28.9. The molecule has 0 bridgehead atoms. The van der Waals surface area contributed by atoms with Crippen LogP contribution < -0.4 is 10.9 Å². The molecule has 24 heavy (non-hydrogen) atoms. The summed E-state index contributed by atoms with van der Waals surface area (Å²) in [5, 5.41) is 4.16. The molecule has 1 N–H and O–H groups in total. The first-order valence-corrected chi connectivity index (χ1v) is 9.39. The van der Waals surface area contributed by atoms with Crippen LogP contribution in [0.4, 0.5) is 0 Å². The number of unbranched alkanes of at least 4 members (excludes halogenated alkanes) is 2. The second-order valence-corrected chi connectivity index (χ2v) is 6.97. The van der Waals surface area contributed by atoms with Gasteiger partial charge in [-0.2, -0.15) is 0 Å². The van der Waals surface area contributed by atoms with Crippen LogP contribution in [-0.4, -0.2) is 27.3 Å². The minimum Gasteiger partial charge on any atom is -0.353 e. The summed E-state index contributed by atoms with van der Waals surface area (Å²) >= 11 is 1.29. The molecule has 1 amide bonds. The maximum atomic E-state index is 12.3. The monoisotopic (exact) mass is 347 g/mol. The highest BCUT2D eigenvalue weighted by molar-refractivity contribution is 7.99. The van der Waals surface area contributed by atoms with Gasteiger partial charge < -0.3 is 5.32 Å². The molecule has 0 aliphatic carbocycles. The van der Waals surface area contributed by atoms with Crippen molar-refractivity contribution in [2.24, 2.45) is 7.05 Å². The van der Waals surface area contributed by atoms with Crippen molar-refractivity contribution in [1.82, 2.24) is 14.9 Å². The molecular formula is C18H25N3O2S. The summed E-state index contributed by atoms with van der Waals surface area (Å²) in [6.45, 7) is 4.20. The molecule has 0 saturated carbocycles. The van der Waals surface area contributed by atoms with Gasteiger partial charge in [-0.1, -0.05) is 50.1 Å². The molecule has 0 aliphatic heterocycles. The topological polar surface area (TPSA) is 64.0 Å². The van der Waals surface area contributed by atoms with E-state index in [-0.39, 0.29) is 23.3 Å². The number of hydrogen-bond donors (Lipinski definition) is 1. The lowest BCUT2D eigenvalue weighted by atomic mass is 10.1. The number of thioether (sulfide) groups is 1. The normalized spacial score (nSPS) is 12.3. The second-order valence-electron chi connectivity index (χ2n) is 6.03. The van der Waals surface area contributed by atoms with Crippen LogP contribution in [0.1, 0.15) is 39.5 Å². The Labute approximate surface area is 146 Å². The van der Waals surface area contributed by atoms with Crippen molar-refractivity contribution in [3.8, 4) is 0 Å². The third kappa shape index (κ3) is 4.84. The lowest BCUT2D eigenvalue weighted by Crippen LogP contribution is -2.34. The van der Waals surface area contributed by atoms with E-state index in [4.69, 9.17) is 0 Å². The van der Waals surface area contributed by atoms with Crippen LogP contribution >= 0.6 is 11.8 Å². The third-order valence-corrected chi connectivity index (χ3v) is 4.95. The molecule has 5 nitrogen and oxygen atoms in total. The summed E-state index contributed by atoms with van der Waals surface area (Å²) in [6.07, 6.45) is 4.50. The van der Waals surface area contributed by atoms with Gasteiger partial charge in [-0.05, 0) is 25.5 Å². The van der Waals surface area contributed by atoms with Gasteiger partial charge in [-0.3, -0.25) is 14.2 Å². The fourth-order valence-electron chi connectivity index (χ4n) is 2.55. The molecule has 1 atom stereocenters. The van der Waals surface area contributed by atoms with E-state index in [1.54, 1.807) is 13.1 Å². The van der Waals surface area contributed by atoms with Crippen molar-refractivity contribution in [2.75, 3.05) is 5.75 Å². The first-order valence-electron chi connectivity index (χ1n) is 8.40. The number of carbonyl (C=O) groups excluding carboxylic acids is 1. The first kappa shape index (κ1) is 18.5. The van der Waals surface area contributed by atoms with E-state index in [9.17, 15) is 9.59 Å². The van der Waals surface area contributed by atoms with Crippen LogP contribution in [0.15, 0.2) is 34.2 Å². The number of benzene rings is 1. The fourth-order valence-corrected chi connectivity index (χ4v) is 3.33. The second kappa shape index (κ2) is 8.87. The Hall–Kier alpha value is -1.82. The van der Waals surface area contributed by atoms with Crippen LogP contribution in [0.3, 0.4) is 0 Å². The highest BCUT2D eigenvalue weighted by atomic mass is 32.2. The van der Waals surface area contributed by atoms with Gasteiger partial charge in [0.1, 0.15) is 0 Å². The number of nitrogens with one attached hydrogen (secondary N) is 1. The Morgan fingerprint density at radius 3 is 2.83 bits per heavy atom. The SMILES string of the molecule is CCCCCC(C)NC(=O)CSc1nc2ccccc2c(=O)n1C. The van der Waals surface area contributed by atoms with Crippen molar-refractivity contribution in [1.29, 1.82) is 0 Å². The molecule has 1 unspecified atom stereocenters. The zero-order chi connectivity index (χ0) is 17.5. The van der Waals surface area contributed by atoms with Crippen LogP contribution in [0.25, 0.3) is 10.9 Å². The average Bonchev–Trinajstić information content (AvgIpc) is 2.57. The van der Waals surface area contributed by atoms with Crippen LogP contribution in [-0.2, 0) is 11.8 Å². The zero-order valence-corrected chi connectivity index (χ0v) is 15.4. The smallest absolute Gasteiger partial charge is 0.261 e. The molecule has 2 rings (SSSR count). The van der Waals surface area contributed by atoms with Crippen molar-refractivity contribution < 1.29 is 4.79 Å². The summed E-state index contributed by atoms with van der Waals surface area (Å²) < 4.78 is 1.50. The number of hydrogen-bond acceptors (Lipinski definition) is 4. The lowest BCUT2D eigenvalue weighted by Gasteiger charge is -2.14. The molecule has 0 fully saturated rings. The largest absolute Gasteiger partial charge is 0.353 e. The van der Waals surface area contributed by atoms with E-state index in [1.165, 1.54) is 29.2 Å². The van der Waals surface area contributed by atoms with E-state index in [0.717, 1.165) is 12.8 Å². The van der Waals surface area contributed by atoms with Gasteiger partial charge in [0.2, 0.25) is 5.91 Å². The summed E-state index contributed by atoms with van der Waals surface area (Å²) in [5.74, 6) is 0.239. The molecule has 0 radical (unpaired) electrons. The van der Waals surface area contributed by atoms with Crippen molar-refractivity contribution in [3.63, 3.8) is 0 Å². The van der Waals surface area contributed by atoms with Crippen molar-refractivity contribution >= 4 is 28.6 Å². The van der Waals surface area contributed by atoms with Gasteiger partial charge in [0, 0.05) is 13.1 Å². The van der Waals surface area contributed by atoms with Gasteiger partial charge in [0.05, 0.1) is 16.7 Å². The van der Waals surface area contributed by atoms with E-state index in [2.05, 4.69) is 17.2 Å². The average molecular weight is 347 g/mol. The number of nitrogens with zero attached hydrogens (tertiary/aromatic N) is 2.